The van der Waals surface area contributed by atoms with E-state index in [1.54, 1.807) is 17.0 Å². The van der Waals surface area contributed by atoms with E-state index in [1.165, 1.54) is 18.9 Å². The van der Waals surface area contributed by atoms with Crippen molar-refractivity contribution in [2.75, 3.05) is 17.7 Å². The number of nitrogen functional groups attached to an aromatic ring is 1. The molecular formula is C21H25N3O3. The fourth-order valence-electron chi connectivity index (χ4n) is 3.80. The highest BCUT2D eigenvalue weighted by Gasteiger charge is 2.36. The molecule has 0 saturated heterocycles. The molecule has 0 radical (unpaired) electrons. The number of amides is 1. The number of esters is 1. The van der Waals surface area contributed by atoms with Gasteiger partial charge in [0.25, 0.3) is 0 Å². The van der Waals surface area contributed by atoms with Gasteiger partial charge in [-0.15, -0.1) is 0 Å². The molecule has 0 spiro atoms. The number of nitrogens with zero attached hydrogens (tertiary/aromatic N) is 2. The monoisotopic (exact) mass is 367 g/mol. The third kappa shape index (κ3) is 3.94. The first-order valence-corrected chi connectivity index (χ1v) is 9.27. The smallest absolute Gasteiger partial charge is 0.339 e. The van der Waals surface area contributed by atoms with Crippen LogP contribution in [0, 0.1) is 0 Å². The largest absolute Gasteiger partial charge is 0.465 e. The first kappa shape index (κ1) is 18.9. The van der Waals surface area contributed by atoms with Crippen LogP contribution in [0.25, 0.3) is 0 Å². The van der Waals surface area contributed by atoms with Gasteiger partial charge in [0.2, 0.25) is 5.91 Å². The maximum atomic E-state index is 12.8. The zero-order valence-electron chi connectivity index (χ0n) is 15.7. The molecule has 1 fully saturated rings. The van der Waals surface area contributed by atoms with E-state index in [1.807, 2.05) is 31.2 Å². The van der Waals surface area contributed by atoms with Gasteiger partial charge >= 0.3 is 5.97 Å². The predicted octanol–water partition coefficient (Wildman–Crippen LogP) is 3.53. The molecule has 2 atom stereocenters. The maximum Gasteiger partial charge on any atom is 0.339 e. The van der Waals surface area contributed by atoms with Crippen LogP contribution < -0.4 is 10.6 Å². The molecule has 0 bridgehead atoms. The number of hydrogen-bond donors (Lipinski definition) is 1. The normalized spacial score (nSPS) is 18.9. The second kappa shape index (κ2) is 8.20. The number of pyridine rings is 1. The molecule has 1 heterocycles. The average Bonchev–Trinajstić information content (AvgIpc) is 3.17. The summed E-state index contributed by atoms with van der Waals surface area (Å²) >= 11 is 0. The fraction of sp³-hybridized carbons (Fsp3) is 0.381. The van der Waals surface area contributed by atoms with Crippen molar-refractivity contribution < 1.29 is 14.3 Å². The number of carbonyl (C=O) groups excluding carboxylic acids is 2. The lowest BCUT2D eigenvalue weighted by atomic mass is 9.92. The van der Waals surface area contributed by atoms with Gasteiger partial charge in [-0.3, -0.25) is 9.69 Å². The lowest BCUT2D eigenvalue weighted by Crippen LogP contribution is -2.42. The summed E-state index contributed by atoms with van der Waals surface area (Å²) in [5.74, 6) is 0.397. The number of aromatic nitrogens is 1. The van der Waals surface area contributed by atoms with Crippen molar-refractivity contribution in [1.29, 1.82) is 0 Å². The third-order valence-electron chi connectivity index (χ3n) is 5.16. The van der Waals surface area contributed by atoms with Crippen molar-refractivity contribution in [2.45, 2.75) is 44.6 Å². The fourth-order valence-corrected chi connectivity index (χ4v) is 3.80. The van der Waals surface area contributed by atoms with Gasteiger partial charge in [-0.2, -0.15) is 0 Å². The lowest BCUT2D eigenvalue weighted by molar-refractivity contribution is -0.118. The van der Waals surface area contributed by atoms with Crippen molar-refractivity contribution >= 4 is 23.4 Å². The Morgan fingerprint density at radius 3 is 2.52 bits per heavy atom. The average molecular weight is 367 g/mol. The second-order valence-electron chi connectivity index (χ2n) is 6.79. The number of ether oxygens (including phenoxy) is 1. The Balaban J connectivity index is 1.93. The van der Waals surface area contributed by atoms with Crippen molar-refractivity contribution in [3.63, 3.8) is 0 Å². The Morgan fingerprint density at radius 2 is 1.93 bits per heavy atom. The van der Waals surface area contributed by atoms with E-state index in [2.05, 4.69) is 4.98 Å². The Morgan fingerprint density at radius 1 is 1.19 bits per heavy atom. The lowest BCUT2D eigenvalue weighted by Gasteiger charge is -2.32. The molecular weight excluding hydrogens is 342 g/mol. The number of methoxy groups -OCH3 is 1. The molecule has 6 nitrogen and oxygen atoms in total. The van der Waals surface area contributed by atoms with E-state index in [-0.39, 0.29) is 17.9 Å². The second-order valence-corrected chi connectivity index (χ2v) is 6.79. The van der Waals surface area contributed by atoms with Crippen LogP contribution >= 0.6 is 0 Å². The number of rotatable bonds is 5. The van der Waals surface area contributed by atoms with Gasteiger partial charge in [-0.25, -0.2) is 9.78 Å². The summed E-state index contributed by atoms with van der Waals surface area (Å²) in [4.78, 5) is 30.6. The van der Waals surface area contributed by atoms with Gasteiger partial charge < -0.3 is 10.5 Å². The van der Waals surface area contributed by atoms with Crippen LogP contribution in [-0.4, -0.2) is 30.0 Å². The third-order valence-corrected chi connectivity index (χ3v) is 5.16. The van der Waals surface area contributed by atoms with E-state index in [0.29, 0.717) is 17.8 Å². The SMILES string of the molecule is CCC(=O)N(c1ccc(C(=O)OC)cn1)C1CCCC1c1ccc(N)cc1. The predicted molar refractivity (Wildman–Crippen MR) is 105 cm³/mol. The van der Waals surface area contributed by atoms with Gasteiger partial charge in [-0.05, 0) is 42.7 Å². The van der Waals surface area contributed by atoms with Gasteiger partial charge in [0.15, 0.2) is 0 Å². The van der Waals surface area contributed by atoms with Gasteiger partial charge in [0.05, 0.1) is 12.7 Å². The quantitative estimate of drug-likeness (QED) is 0.645. The number of benzene rings is 1. The summed E-state index contributed by atoms with van der Waals surface area (Å²) < 4.78 is 4.72. The minimum Gasteiger partial charge on any atom is -0.465 e. The highest BCUT2D eigenvalue weighted by Crippen LogP contribution is 2.39. The Bertz CT molecular complexity index is 802. The van der Waals surface area contributed by atoms with Crippen LogP contribution in [0.2, 0.25) is 0 Å². The summed E-state index contributed by atoms with van der Waals surface area (Å²) in [5, 5.41) is 0. The van der Waals surface area contributed by atoms with E-state index >= 15 is 0 Å². The van der Waals surface area contributed by atoms with Crippen molar-refractivity contribution in [1.82, 2.24) is 4.98 Å². The molecule has 27 heavy (non-hydrogen) atoms. The summed E-state index contributed by atoms with van der Waals surface area (Å²) in [6.45, 7) is 1.85. The van der Waals surface area contributed by atoms with E-state index < -0.39 is 5.97 Å². The molecule has 1 saturated carbocycles. The molecule has 3 rings (SSSR count). The molecule has 1 amide bonds. The Labute approximate surface area is 159 Å². The van der Waals surface area contributed by atoms with E-state index in [0.717, 1.165) is 24.9 Å². The number of carbonyl (C=O) groups is 2. The first-order chi connectivity index (χ1) is 13.0. The minimum atomic E-state index is -0.442. The highest BCUT2D eigenvalue weighted by molar-refractivity contribution is 5.94. The number of anilines is 2. The van der Waals surface area contributed by atoms with Crippen molar-refractivity contribution in [2.24, 2.45) is 0 Å². The molecule has 1 aromatic heterocycles. The highest BCUT2D eigenvalue weighted by atomic mass is 16.5. The zero-order chi connectivity index (χ0) is 19.4. The standard InChI is InChI=1S/C21H25N3O3/c1-3-20(25)24(19-12-9-15(13-23-19)21(26)27-2)18-6-4-5-17(18)14-7-10-16(22)11-8-14/h7-13,17-18H,3-6,22H2,1-2H3. The summed E-state index contributed by atoms with van der Waals surface area (Å²) in [7, 11) is 1.33. The molecule has 142 valence electrons. The van der Waals surface area contributed by atoms with Crippen LogP contribution in [0.4, 0.5) is 11.5 Å². The van der Waals surface area contributed by atoms with Crippen LogP contribution in [0.15, 0.2) is 42.6 Å². The van der Waals surface area contributed by atoms with Gasteiger partial charge in [0, 0.05) is 30.3 Å². The van der Waals surface area contributed by atoms with Crippen LogP contribution in [0.1, 0.15) is 54.4 Å². The molecule has 1 aliphatic carbocycles. The summed E-state index contributed by atoms with van der Waals surface area (Å²) in [6, 6.07) is 11.3. The molecule has 6 heteroatoms. The molecule has 1 aromatic carbocycles. The molecule has 1 aliphatic rings. The first-order valence-electron chi connectivity index (χ1n) is 9.27. The topological polar surface area (TPSA) is 85.5 Å². The van der Waals surface area contributed by atoms with Gasteiger partial charge in [0.1, 0.15) is 5.82 Å². The van der Waals surface area contributed by atoms with E-state index in [9.17, 15) is 9.59 Å². The Hall–Kier alpha value is -2.89. The number of hydrogen-bond acceptors (Lipinski definition) is 5. The van der Waals surface area contributed by atoms with Crippen LogP contribution in [0.3, 0.4) is 0 Å². The molecule has 2 aromatic rings. The number of nitrogens with two attached hydrogens (primary N) is 1. The minimum absolute atomic E-state index is 0.0284. The van der Waals surface area contributed by atoms with Crippen LogP contribution in [0.5, 0.6) is 0 Å². The molecule has 2 N–H and O–H groups in total. The van der Waals surface area contributed by atoms with Crippen molar-refractivity contribution in [3.05, 3.63) is 53.7 Å². The van der Waals surface area contributed by atoms with Gasteiger partial charge in [-0.1, -0.05) is 25.5 Å². The summed E-state index contributed by atoms with van der Waals surface area (Å²) in [6.07, 6.45) is 4.84. The maximum absolute atomic E-state index is 12.8. The molecule has 0 aliphatic heterocycles. The van der Waals surface area contributed by atoms with E-state index in [4.69, 9.17) is 10.5 Å². The summed E-state index contributed by atoms with van der Waals surface area (Å²) in [5.41, 5.74) is 8.10. The zero-order valence-corrected chi connectivity index (χ0v) is 15.7. The molecule has 2 unspecified atom stereocenters. The van der Waals surface area contributed by atoms with Crippen molar-refractivity contribution in [3.8, 4) is 0 Å². The Kier molecular flexibility index (Phi) is 5.74. The van der Waals surface area contributed by atoms with Crippen LogP contribution in [-0.2, 0) is 9.53 Å².